The van der Waals surface area contributed by atoms with Crippen LogP contribution in [0.15, 0.2) is 53.0 Å². The average Bonchev–Trinajstić information content (AvgIpc) is 2.64. The minimum absolute atomic E-state index is 0.0205. The van der Waals surface area contributed by atoms with Gasteiger partial charge in [0.05, 0.1) is 11.7 Å². The molecule has 0 spiro atoms. The zero-order valence-corrected chi connectivity index (χ0v) is 16.5. The number of amides is 3. The van der Waals surface area contributed by atoms with Gasteiger partial charge < -0.3 is 15.1 Å². The molecule has 1 N–H and O–H groups in total. The number of carbonyl (C=O) groups is 2. The Bertz CT molecular complexity index is 824. The summed E-state index contributed by atoms with van der Waals surface area (Å²) in [6.45, 7) is 2.76. The number of nitrogens with zero attached hydrogens (tertiary/aromatic N) is 2. The number of benzene rings is 2. The van der Waals surface area contributed by atoms with E-state index in [0.29, 0.717) is 12.2 Å². The number of nitrogens with one attached hydrogen (secondary N) is 1. The summed E-state index contributed by atoms with van der Waals surface area (Å²) >= 11 is 3.40. The molecule has 3 rings (SSSR count). The number of halogens is 1. The zero-order valence-electron chi connectivity index (χ0n) is 14.9. The lowest BCUT2D eigenvalue weighted by Crippen LogP contribution is -2.45. The van der Waals surface area contributed by atoms with Gasteiger partial charge in [-0.2, -0.15) is 0 Å². The molecule has 2 aromatic rings. The Morgan fingerprint density at radius 2 is 1.88 bits per heavy atom. The van der Waals surface area contributed by atoms with Crippen molar-refractivity contribution in [1.29, 1.82) is 0 Å². The molecule has 2 aromatic carbocycles. The first kappa shape index (κ1) is 18.5. The summed E-state index contributed by atoms with van der Waals surface area (Å²) in [5.74, 6) is -0.0446. The lowest BCUT2D eigenvalue weighted by molar-refractivity contribution is -0.134. The topological polar surface area (TPSA) is 52.7 Å². The second-order valence-electron chi connectivity index (χ2n) is 6.48. The maximum Gasteiger partial charge on any atom is 0.322 e. The van der Waals surface area contributed by atoms with Gasteiger partial charge in [0.1, 0.15) is 6.54 Å². The number of hydrogen-bond acceptors (Lipinski definition) is 2. The van der Waals surface area contributed by atoms with Gasteiger partial charge in [-0.15, -0.1) is 0 Å². The molecule has 3 amide bonds. The first-order valence-electron chi connectivity index (χ1n) is 8.61. The molecule has 136 valence electrons. The van der Waals surface area contributed by atoms with Crippen LogP contribution in [0, 0.1) is 0 Å². The van der Waals surface area contributed by atoms with E-state index in [1.807, 2.05) is 42.2 Å². The third-order valence-corrected chi connectivity index (χ3v) is 5.44. The van der Waals surface area contributed by atoms with E-state index in [4.69, 9.17) is 0 Å². The van der Waals surface area contributed by atoms with Crippen LogP contribution in [0.25, 0.3) is 0 Å². The Morgan fingerprint density at radius 1 is 1.19 bits per heavy atom. The molecule has 1 aliphatic rings. The molecule has 1 aliphatic heterocycles. The van der Waals surface area contributed by atoms with Crippen LogP contribution in [0.4, 0.5) is 10.5 Å². The Kier molecular flexibility index (Phi) is 5.61. The van der Waals surface area contributed by atoms with Crippen molar-refractivity contribution >= 4 is 33.6 Å². The predicted octanol–water partition coefficient (Wildman–Crippen LogP) is 4.06. The molecule has 0 saturated heterocycles. The molecule has 1 heterocycles. The summed E-state index contributed by atoms with van der Waals surface area (Å²) in [5.41, 5.74) is 3.16. The Hall–Kier alpha value is -2.34. The molecule has 1 unspecified atom stereocenters. The van der Waals surface area contributed by atoms with Crippen LogP contribution in [-0.2, 0) is 11.2 Å². The third kappa shape index (κ3) is 3.90. The highest BCUT2D eigenvalue weighted by atomic mass is 79.9. The van der Waals surface area contributed by atoms with Crippen LogP contribution in [0.3, 0.4) is 0 Å². The molecular weight excluding hydrogens is 394 g/mol. The number of para-hydroxylation sites is 1. The summed E-state index contributed by atoms with van der Waals surface area (Å²) in [6.07, 6.45) is 0.846. The van der Waals surface area contributed by atoms with E-state index in [2.05, 4.69) is 33.4 Å². The van der Waals surface area contributed by atoms with Crippen molar-refractivity contribution in [3.63, 3.8) is 0 Å². The molecule has 0 aromatic heterocycles. The minimum Gasteiger partial charge on any atom is -0.334 e. The lowest BCUT2D eigenvalue weighted by atomic mass is 9.93. The maximum absolute atomic E-state index is 12.7. The molecule has 6 heteroatoms. The van der Waals surface area contributed by atoms with Crippen molar-refractivity contribution in [2.75, 3.05) is 25.5 Å². The normalized spacial score (nSPS) is 16.0. The van der Waals surface area contributed by atoms with Crippen LogP contribution < -0.4 is 5.32 Å². The maximum atomic E-state index is 12.7. The summed E-state index contributed by atoms with van der Waals surface area (Å²) in [4.78, 5) is 28.4. The van der Waals surface area contributed by atoms with Gasteiger partial charge in [-0.25, -0.2) is 4.79 Å². The van der Waals surface area contributed by atoms with Crippen molar-refractivity contribution in [2.24, 2.45) is 0 Å². The van der Waals surface area contributed by atoms with E-state index in [-0.39, 0.29) is 24.5 Å². The molecule has 0 bridgehead atoms. The molecule has 5 nitrogen and oxygen atoms in total. The fourth-order valence-corrected chi connectivity index (χ4v) is 3.64. The molecule has 0 radical (unpaired) electrons. The number of likely N-dealkylation sites (N-methyl/N-ethyl adjacent to an activating group) is 1. The van der Waals surface area contributed by atoms with Gasteiger partial charge in [-0.05, 0) is 52.5 Å². The quantitative estimate of drug-likeness (QED) is 0.821. The van der Waals surface area contributed by atoms with Crippen LogP contribution in [0.1, 0.15) is 24.1 Å². The van der Waals surface area contributed by atoms with Crippen molar-refractivity contribution in [1.82, 2.24) is 9.80 Å². The Labute approximate surface area is 162 Å². The van der Waals surface area contributed by atoms with Crippen LogP contribution in [0.5, 0.6) is 0 Å². The molecule has 1 atom stereocenters. The molecule has 0 aliphatic carbocycles. The predicted molar refractivity (Wildman–Crippen MR) is 106 cm³/mol. The van der Waals surface area contributed by atoms with E-state index in [1.54, 1.807) is 13.1 Å². The van der Waals surface area contributed by atoms with Crippen molar-refractivity contribution in [3.05, 3.63) is 64.1 Å². The SMILES string of the molecule is CC1c2ccccc2CCN1C(=O)CN(C)C(=O)Nc1ccccc1Br. The highest BCUT2D eigenvalue weighted by Gasteiger charge is 2.28. The van der Waals surface area contributed by atoms with E-state index < -0.39 is 0 Å². The third-order valence-electron chi connectivity index (χ3n) is 4.75. The Balaban J connectivity index is 1.62. The van der Waals surface area contributed by atoms with Gasteiger partial charge in [0, 0.05) is 18.1 Å². The van der Waals surface area contributed by atoms with Crippen molar-refractivity contribution in [3.8, 4) is 0 Å². The molecule has 26 heavy (non-hydrogen) atoms. The Morgan fingerprint density at radius 3 is 2.65 bits per heavy atom. The largest absolute Gasteiger partial charge is 0.334 e. The minimum atomic E-state index is -0.310. The van der Waals surface area contributed by atoms with Gasteiger partial charge in [-0.1, -0.05) is 36.4 Å². The van der Waals surface area contributed by atoms with Crippen LogP contribution >= 0.6 is 15.9 Å². The molecular formula is C20H22BrN3O2. The fourth-order valence-electron chi connectivity index (χ4n) is 3.25. The average molecular weight is 416 g/mol. The van der Waals surface area contributed by atoms with Crippen LogP contribution in [0.2, 0.25) is 0 Å². The number of fused-ring (bicyclic) bond motifs is 1. The van der Waals surface area contributed by atoms with Gasteiger partial charge in [0.2, 0.25) is 5.91 Å². The lowest BCUT2D eigenvalue weighted by Gasteiger charge is -2.36. The summed E-state index contributed by atoms with van der Waals surface area (Å²) < 4.78 is 0.800. The smallest absolute Gasteiger partial charge is 0.322 e. The zero-order chi connectivity index (χ0) is 18.7. The van der Waals surface area contributed by atoms with Gasteiger partial charge in [-0.3, -0.25) is 4.79 Å². The number of rotatable bonds is 3. The van der Waals surface area contributed by atoms with E-state index in [0.717, 1.165) is 10.9 Å². The standard InChI is InChI=1S/C20H22BrN3O2/c1-14-16-8-4-3-7-15(16)11-12-24(14)19(25)13-23(2)20(26)22-18-10-6-5-9-17(18)21/h3-10,14H,11-13H2,1-2H3,(H,22,26). The van der Waals surface area contributed by atoms with E-state index >= 15 is 0 Å². The van der Waals surface area contributed by atoms with E-state index in [1.165, 1.54) is 16.0 Å². The highest BCUT2D eigenvalue weighted by molar-refractivity contribution is 9.10. The van der Waals surface area contributed by atoms with Crippen molar-refractivity contribution in [2.45, 2.75) is 19.4 Å². The summed E-state index contributed by atoms with van der Waals surface area (Å²) in [5, 5.41) is 2.81. The highest BCUT2D eigenvalue weighted by Crippen LogP contribution is 2.29. The fraction of sp³-hybridized carbons (Fsp3) is 0.300. The number of carbonyl (C=O) groups excluding carboxylic acids is 2. The number of anilines is 1. The summed E-state index contributed by atoms with van der Waals surface area (Å²) in [7, 11) is 1.63. The second-order valence-corrected chi connectivity index (χ2v) is 7.33. The molecule has 0 fully saturated rings. The van der Waals surface area contributed by atoms with Gasteiger partial charge >= 0.3 is 6.03 Å². The summed E-state index contributed by atoms with van der Waals surface area (Å²) in [6, 6.07) is 15.3. The number of hydrogen-bond donors (Lipinski definition) is 1. The number of urea groups is 1. The first-order chi connectivity index (χ1) is 12.5. The molecule has 0 saturated carbocycles. The van der Waals surface area contributed by atoms with Gasteiger partial charge in [0.25, 0.3) is 0 Å². The monoisotopic (exact) mass is 415 g/mol. The van der Waals surface area contributed by atoms with Crippen LogP contribution in [-0.4, -0.2) is 41.9 Å². The first-order valence-corrected chi connectivity index (χ1v) is 9.40. The second kappa shape index (κ2) is 7.91. The van der Waals surface area contributed by atoms with Gasteiger partial charge in [0.15, 0.2) is 0 Å². The van der Waals surface area contributed by atoms with Crippen molar-refractivity contribution < 1.29 is 9.59 Å². The van der Waals surface area contributed by atoms with E-state index in [9.17, 15) is 9.59 Å².